The number of carbonyl (C=O) groups is 1. The Kier molecular flexibility index (Phi) is 4.17. The van der Waals surface area contributed by atoms with Crippen LogP contribution < -0.4 is 9.47 Å². The molecule has 1 aliphatic heterocycles. The normalized spacial score (nSPS) is 17.5. The Morgan fingerprint density at radius 1 is 1.41 bits per heavy atom. The molecule has 0 radical (unpaired) electrons. The van der Waals surface area contributed by atoms with Crippen molar-refractivity contribution in [2.75, 3.05) is 20.2 Å². The van der Waals surface area contributed by atoms with E-state index < -0.39 is 0 Å². The molecule has 0 aromatic carbocycles. The maximum atomic E-state index is 12.2. The lowest BCUT2D eigenvalue weighted by Crippen LogP contribution is -2.33. The molecule has 3 heterocycles. The molecule has 1 atom stereocenters. The van der Waals surface area contributed by atoms with Gasteiger partial charge >= 0.3 is 0 Å². The van der Waals surface area contributed by atoms with Crippen molar-refractivity contribution in [2.45, 2.75) is 19.1 Å². The lowest BCUT2D eigenvalue weighted by Gasteiger charge is -2.17. The molecule has 8 heteroatoms. The number of methoxy groups -OCH3 is 1. The Morgan fingerprint density at radius 3 is 3.05 bits per heavy atom. The highest BCUT2D eigenvalue weighted by Gasteiger charge is 2.28. The number of likely N-dealkylation sites (tertiary alicyclic amines) is 1. The van der Waals surface area contributed by atoms with Crippen LogP contribution >= 0.6 is 0 Å². The number of hydrogen-bond donors (Lipinski definition) is 0. The summed E-state index contributed by atoms with van der Waals surface area (Å²) in [5, 5.41) is 4.04. The number of ether oxygens (including phenoxy) is 2. The molecule has 0 N–H and O–H groups in total. The minimum atomic E-state index is -0.0806. The molecule has 1 unspecified atom stereocenters. The summed E-state index contributed by atoms with van der Waals surface area (Å²) >= 11 is 0. The molecule has 0 saturated carbocycles. The van der Waals surface area contributed by atoms with Crippen LogP contribution in [0.2, 0.25) is 0 Å². The maximum absolute atomic E-state index is 12.2. The number of aromatic nitrogens is 4. The Bertz CT molecular complexity index is 631. The monoisotopic (exact) mass is 303 g/mol. The van der Waals surface area contributed by atoms with Gasteiger partial charge in [0.15, 0.2) is 0 Å². The summed E-state index contributed by atoms with van der Waals surface area (Å²) in [6.45, 7) is 1.46. The molecule has 3 rings (SSSR count). The minimum Gasteiger partial charge on any atom is -0.480 e. The SMILES string of the molecule is COc1cncc(OC2CCN(C(=O)Cn3cccn3)C2)n1. The molecule has 0 bridgehead atoms. The molecular formula is C14H17N5O3. The standard InChI is InChI=1S/C14H17N5O3/c1-21-12-7-15-8-13(17-12)22-11-3-6-18(9-11)14(20)10-19-5-2-4-16-19/h2,4-5,7-8,11H,3,6,9-10H2,1H3. The van der Waals surface area contributed by atoms with Crippen LogP contribution in [0.25, 0.3) is 0 Å². The van der Waals surface area contributed by atoms with E-state index in [0.29, 0.717) is 24.8 Å². The van der Waals surface area contributed by atoms with E-state index in [4.69, 9.17) is 9.47 Å². The van der Waals surface area contributed by atoms with E-state index in [0.717, 1.165) is 6.42 Å². The number of hydrogen-bond acceptors (Lipinski definition) is 6. The summed E-state index contributed by atoms with van der Waals surface area (Å²) in [6, 6.07) is 1.80. The van der Waals surface area contributed by atoms with E-state index in [1.54, 1.807) is 28.0 Å². The first kappa shape index (κ1) is 14.3. The van der Waals surface area contributed by atoms with E-state index in [1.165, 1.54) is 19.5 Å². The van der Waals surface area contributed by atoms with Crippen LogP contribution in [0.4, 0.5) is 0 Å². The molecule has 8 nitrogen and oxygen atoms in total. The molecule has 0 aliphatic carbocycles. The second-order valence-corrected chi connectivity index (χ2v) is 4.97. The highest BCUT2D eigenvalue weighted by Crippen LogP contribution is 2.18. The molecular weight excluding hydrogens is 286 g/mol. The van der Waals surface area contributed by atoms with Gasteiger partial charge in [0, 0.05) is 25.4 Å². The van der Waals surface area contributed by atoms with E-state index >= 15 is 0 Å². The van der Waals surface area contributed by atoms with Gasteiger partial charge in [-0.3, -0.25) is 14.5 Å². The average Bonchev–Trinajstić information content (AvgIpc) is 3.19. The predicted octanol–water partition coefficient (Wildman–Crippen LogP) is 0.362. The highest BCUT2D eigenvalue weighted by atomic mass is 16.5. The first-order chi connectivity index (χ1) is 10.7. The van der Waals surface area contributed by atoms with Crippen LogP contribution in [0.15, 0.2) is 30.9 Å². The fourth-order valence-corrected chi connectivity index (χ4v) is 2.34. The van der Waals surface area contributed by atoms with Gasteiger partial charge in [0.25, 0.3) is 0 Å². The van der Waals surface area contributed by atoms with Crippen LogP contribution in [0, 0.1) is 0 Å². The highest BCUT2D eigenvalue weighted by molar-refractivity contribution is 5.76. The fraction of sp³-hybridized carbons (Fsp3) is 0.429. The zero-order chi connectivity index (χ0) is 15.4. The summed E-state index contributed by atoms with van der Waals surface area (Å²) in [5.41, 5.74) is 0. The maximum Gasteiger partial charge on any atom is 0.244 e. The van der Waals surface area contributed by atoms with E-state index in [1.807, 2.05) is 0 Å². The third kappa shape index (κ3) is 3.33. The molecule has 1 aliphatic rings. The van der Waals surface area contributed by atoms with E-state index in [2.05, 4.69) is 15.1 Å². The second-order valence-electron chi connectivity index (χ2n) is 4.97. The van der Waals surface area contributed by atoms with Crippen molar-refractivity contribution in [3.8, 4) is 11.8 Å². The predicted molar refractivity (Wildman–Crippen MR) is 76.4 cm³/mol. The fourth-order valence-electron chi connectivity index (χ4n) is 2.34. The molecule has 0 spiro atoms. The molecule has 116 valence electrons. The van der Waals surface area contributed by atoms with Crippen LogP contribution in [-0.2, 0) is 11.3 Å². The zero-order valence-electron chi connectivity index (χ0n) is 12.3. The molecule has 22 heavy (non-hydrogen) atoms. The number of rotatable bonds is 5. The van der Waals surface area contributed by atoms with Crippen LogP contribution in [0.5, 0.6) is 11.8 Å². The van der Waals surface area contributed by atoms with Gasteiger partial charge in [-0.05, 0) is 6.07 Å². The molecule has 1 amide bonds. The number of carbonyl (C=O) groups excluding carboxylic acids is 1. The Hall–Kier alpha value is -2.64. The van der Waals surface area contributed by atoms with Crippen LogP contribution in [0.1, 0.15) is 6.42 Å². The van der Waals surface area contributed by atoms with Gasteiger partial charge in [0.05, 0.1) is 26.0 Å². The Labute approximate surface area is 127 Å². The Balaban J connectivity index is 1.54. The second kappa shape index (κ2) is 6.42. The average molecular weight is 303 g/mol. The number of amides is 1. The van der Waals surface area contributed by atoms with Crippen molar-refractivity contribution in [3.05, 3.63) is 30.9 Å². The Morgan fingerprint density at radius 2 is 2.27 bits per heavy atom. The van der Waals surface area contributed by atoms with Crippen molar-refractivity contribution in [2.24, 2.45) is 0 Å². The van der Waals surface area contributed by atoms with E-state index in [-0.39, 0.29) is 18.6 Å². The largest absolute Gasteiger partial charge is 0.480 e. The van der Waals surface area contributed by atoms with Gasteiger partial charge in [0.1, 0.15) is 12.6 Å². The summed E-state index contributed by atoms with van der Waals surface area (Å²) in [6.07, 6.45) is 7.17. The lowest BCUT2D eigenvalue weighted by molar-refractivity contribution is -0.131. The smallest absolute Gasteiger partial charge is 0.244 e. The van der Waals surface area contributed by atoms with Crippen molar-refractivity contribution < 1.29 is 14.3 Å². The van der Waals surface area contributed by atoms with Crippen molar-refractivity contribution >= 4 is 5.91 Å². The van der Waals surface area contributed by atoms with Gasteiger partial charge < -0.3 is 14.4 Å². The number of nitrogens with zero attached hydrogens (tertiary/aromatic N) is 5. The van der Waals surface area contributed by atoms with Gasteiger partial charge in [-0.1, -0.05) is 0 Å². The van der Waals surface area contributed by atoms with Gasteiger partial charge in [-0.15, -0.1) is 0 Å². The minimum absolute atomic E-state index is 0.0338. The third-order valence-electron chi connectivity index (χ3n) is 3.44. The third-order valence-corrected chi connectivity index (χ3v) is 3.44. The van der Waals surface area contributed by atoms with E-state index in [9.17, 15) is 4.79 Å². The van der Waals surface area contributed by atoms with Crippen molar-refractivity contribution in [1.29, 1.82) is 0 Å². The van der Waals surface area contributed by atoms with Gasteiger partial charge in [-0.25, -0.2) is 0 Å². The quantitative estimate of drug-likeness (QED) is 0.793. The molecule has 2 aromatic heterocycles. The first-order valence-corrected chi connectivity index (χ1v) is 7.02. The molecule has 2 aromatic rings. The van der Waals surface area contributed by atoms with Crippen LogP contribution in [0.3, 0.4) is 0 Å². The first-order valence-electron chi connectivity index (χ1n) is 7.02. The topological polar surface area (TPSA) is 82.4 Å². The summed E-state index contributed by atoms with van der Waals surface area (Å²) in [4.78, 5) is 22.1. The van der Waals surface area contributed by atoms with Gasteiger partial charge in [-0.2, -0.15) is 10.1 Å². The van der Waals surface area contributed by atoms with Crippen molar-refractivity contribution in [3.63, 3.8) is 0 Å². The zero-order valence-corrected chi connectivity index (χ0v) is 12.3. The van der Waals surface area contributed by atoms with Crippen molar-refractivity contribution in [1.82, 2.24) is 24.6 Å². The molecule has 1 saturated heterocycles. The molecule has 1 fully saturated rings. The van der Waals surface area contributed by atoms with Crippen LogP contribution in [-0.4, -0.2) is 56.9 Å². The summed E-state index contributed by atoms with van der Waals surface area (Å²) < 4.78 is 12.4. The lowest BCUT2D eigenvalue weighted by atomic mass is 10.3. The summed E-state index contributed by atoms with van der Waals surface area (Å²) in [7, 11) is 1.53. The summed E-state index contributed by atoms with van der Waals surface area (Å²) in [5.74, 6) is 0.847. The van der Waals surface area contributed by atoms with Gasteiger partial charge in [0.2, 0.25) is 17.7 Å².